The van der Waals surface area contributed by atoms with Gasteiger partial charge >= 0.3 is 5.97 Å². The summed E-state index contributed by atoms with van der Waals surface area (Å²) < 4.78 is 17.8. The molecule has 0 aliphatic rings. The predicted molar refractivity (Wildman–Crippen MR) is 96.9 cm³/mol. The van der Waals surface area contributed by atoms with E-state index in [1.807, 2.05) is 17.6 Å². The molecule has 0 amide bonds. The topological polar surface area (TPSA) is 83.3 Å². The van der Waals surface area contributed by atoms with Gasteiger partial charge in [0.05, 0.1) is 30.4 Å². The number of hydrogen-bond donors (Lipinski definition) is 0. The molecule has 0 fully saturated rings. The van der Waals surface area contributed by atoms with E-state index in [-0.39, 0.29) is 5.97 Å². The second-order valence-corrected chi connectivity index (χ2v) is 6.31. The summed E-state index contributed by atoms with van der Waals surface area (Å²) in [7, 11) is 0. The van der Waals surface area contributed by atoms with Crippen LogP contribution in [0.15, 0.2) is 51.3 Å². The third kappa shape index (κ3) is 3.60. The molecule has 0 unspecified atom stereocenters. The van der Waals surface area contributed by atoms with E-state index in [1.165, 1.54) is 18.0 Å². The van der Waals surface area contributed by atoms with Gasteiger partial charge in [0, 0.05) is 6.54 Å². The molecule has 3 aromatic rings. The molecule has 0 spiro atoms. The summed E-state index contributed by atoms with van der Waals surface area (Å²) in [5, 5.41) is 9.26. The smallest absolute Gasteiger partial charge is 0.341 e. The van der Waals surface area contributed by atoms with Gasteiger partial charge in [-0.25, -0.2) is 4.79 Å². The first-order chi connectivity index (χ1) is 12.7. The molecule has 0 aromatic carbocycles. The van der Waals surface area contributed by atoms with Crippen LogP contribution >= 0.6 is 11.8 Å². The molecule has 136 valence electrons. The van der Waals surface area contributed by atoms with Crippen molar-refractivity contribution in [1.29, 1.82) is 0 Å². The third-order valence-electron chi connectivity index (χ3n) is 3.70. The molecule has 0 bridgehead atoms. The summed E-state index contributed by atoms with van der Waals surface area (Å²) >= 11 is 1.43. The second-order valence-electron chi connectivity index (χ2n) is 5.36. The van der Waals surface area contributed by atoms with Gasteiger partial charge in [-0.1, -0.05) is 17.8 Å². The molecular weight excluding hydrogens is 354 g/mol. The molecule has 0 N–H and O–H groups in total. The summed E-state index contributed by atoms with van der Waals surface area (Å²) in [5.41, 5.74) is 1.32. The highest BCUT2D eigenvalue weighted by molar-refractivity contribution is 7.98. The van der Waals surface area contributed by atoms with Crippen molar-refractivity contribution in [3.05, 3.63) is 54.4 Å². The van der Waals surface area contributed by atoms with Gasteiger partial charge in [-0.15, -0.1) is 16.8 Å². The molecule has 3 rings (SSSR count). The van der Waals surface area contributed by atoms with Crippen LogP contribution in [-0.4, -0.2) is 27.3 Å². The Morgan fingerprint density at radius 2 is 2.15 bits per heavy atom. The molecule has 8 heteroatoms. The van der Waals surface area contributed by atoms with E-state index in [4.69, 9.17) is 13.6 Å². The van der Waals surface area contributed by atoms with E-state index in [1.54, 1.807) is 25.3 Å². The summed E-state index contributed by atoms with van der Waals surface area (Å²) in [6.45, 7) is 8.32. The molecule has 0 radical (unpaired) electrons. The van der Waals surface area contributed by atoms with Crippen LogP contribution in [0.5, 0.6) is 0 Å². The molecule has 0 saturated carbocycles. The molecule has 26 heavy (non-hydrogen) atoms. The molecule has 3 aromatic heterocycles. The van der Waals surface area contributed by atoms with Gasteiger partial charge < -0.3 is 13.6 Å². The van der Waals surface area contributed by atoms with Gasteiger partial charge in [0.2, 0.25) is 0 Å². The molecule has 0 atom stereocenters. The fourth-order valence-corrected chi connectivity index (χ4v) is 3.38. The van der Waals surface area contributed by atoms with Gasteiger partial charge in [0.15, 0.2) is 11.0 Å². The molecule has 7 nitrogen and oxygen atoms in total. The Kier molecular flexibility index (Phi) is 5.62. The number of carbonyl (C=O) groups is 1. The van der Waals surface area contributed by atoms with Crippen LogP contribution in [0.1, 0.15) is 28.8 Å². The third-order valence-corrected chi connectivity index (χ3v) is 4.67. The molecule has 0 saturated heterocycles. The Morgan fingerprint density at radius 1 is 1.35 bits per heavy atom. The van der Waals surface area contributed by atoms with E-state index in [9.17, 15) is 4.79 Å². The Bertz CT molecular complexity index is 909. The number of aromatic nitrogens is 3. The Balaban J connectivity index is 1.82. The van der Waals surface area contributed by atoms with Crippen molar-refractivity contribution in [2.45, 2.75) is 31.3 Å². The number of thioether (sulfide) groups is 1. The quantitative estimate of drug-likeness (QED) is 0.334. The van der Waals surface area contributed by atoms with E-state index >= 15 is 0 Å². The lowest BCUT2D eigenvalue weighted by Crippen LogP contribution is -2.06. The minimum Gasteiger partial charge on any atom is -0.469 e. The van der Waals surface area contributed by atoms with Crippen molar-refractivity contribution in [2.24, 2.45) is 0 Å². The van der Waals surface area contributed by atoms with Crippen LogP contribution in [0.4, 0.5) is 0 Å². The summed E-state index contributed by atoms with van der Waals surface area (Å²) in [4.78, 5) is 12.0. The highest BCUT2D eigenvalue weighted by Crippen LogP contribution is 2.29. The number of ether oxygens (including phenoxy) is 1. The first kappa shape index (κ1) is 18.1. The zero-order valence-electron chi connectivity index (χ0n) is 14.6. The standard InChI is InChI=1S/C18H19N3O4S/c1-4-8-21-16(13-6-9-24-12(13)3)19-20-18(21)26-11-15-14(7-10-25-15)17(22)23-5-2/h4,6-7,9-10H,1,5,8,11H2,2-3H3. The van der Waals surface area contributed by atoms with Crippen LogP contribution in [0.3, 0.4) is 0 Å². The monoisotopic (exact) mass is 373 g/mol. The van der Waals surface area contributed by atoms with Crippen molar-refractivity contribution in [3.63, 3.8) is 0 Å². The lowest BCUT2D eigenvalue weighted by Gasteiger charge is -2.07. The van der Waals surface area contributed by atoms with Crippen LogP contribution in [0, 0.1) is 6.92 Å². The van der Waals surface area contributed by atoms with Crippen molar-refractivity contribution in [3.8, 4) is 11.4 Å². The second kappa shape index (κ2) is 8.09. The van der Waals surface area contributed by atoms with E-state index in [0.717, 1.165) is 11.3 Å². The normalized spacial score (nSPS) is 10.8. The minimum absolute atomic E-state index is 0.317. The van der Waals surface area contributed by atoms with E-state index < -0.39 is 0 Å². The van der Waals surface area contributed by atoms with Crippen molar-refractivity contribution < 1.29 is 18.4 Å². The largest absolute Gasteiger partial charge is 0.469 e. The highest BCUT2D eigenvalue weighted by Gasteiger charge is 2.20. The van der Waals surface area contributed by atoms with Crippen molar-refractivity contribution >= 4 is 17.7 Å². The molecule has 3 heterocycles. The lowest BCUT2D eigenvalue weighted by molar-refractivity contribution is 0.0524. The number of allylic oxidation sites excluding steroid dienone is 1. The Labute approximate surface area is 155 Å². The predicted octanol–water partition coefficient (Wildman–Crippen LogP) is 4.09. The van der Waals surface area contributed by atoms with Gasteiger partial charge in [0.25, 0.3) is 0 Å². The first-order valence-electron chi connectivity index (χ1n) is 8.10. The maximum atomic E-state index is 12.0. The van der Waals surface area contributed by atoms with Crippen LogP contribution in [0.2, 0.25) is 0 Å². The average molecular weight is 373 g/mol. The highest BCUT2D eigenvalue weighted by atomic mass is 32.2. The van der Waals surface area contributed by atoms with E-state index in [0.29, 0.717) is 41.2 Å². The van der Waals surface area contributed by atoms with Crippen molar-refractivity contribution in [1.82, 2.24) is 14.8 Å². The number of rotatable bonds is 8. The molecular formula is C18H19N3O4S. The maximum Gasteiger partial charge on any atom is 0.341 e. The van der Waals surface area contributed by atoms with Crippen molar-refractivity contribution in [2.75, 3.05) is 6.61 Å². The maximum absolute atomic E-state index is 12.0. The van der Waals surface area contributed by atoms with Crippen LogP contribution in [0.25, 0.3) is 11.4 Å². The summed E-state index contributed by atoms with van der Waals surface area (Å²) in [5.74, 6) is 2.07. The minimum atomic E-state index is -0.390. The van der Waals surface area contributed by atoms with Gasteiger partial charge in [-0.05, 0) is 26.0 Å². The number of aryl methyl sites for hydroxylation is 1. The summed E-state index contributed by atoms with van der Waals surface area (Å²) in [6.07, 6.45) is 4.89. The first-order valence-corrected chi connectivity index (χ1v) is 9.09. The Morgan fingerprint density at radius 3 is 2.85 bits per heavy atom. The van der Waals surface area contributed by atoms with E-state index in [2.05, 4.69) is 16.8 Å². The SMILES string of the molecule is C=CCn1c(SCc2occc2C(=O)OCC)nnc1-c1ccoc1C. The number of esters is 1. The van der Waals surface area contributed by atoms with Crippen LogP contribution in [-0.2, 0) is 17.0 Å². The van der Waals surface area contributed by atoms with Gasteiger partial charge in [-0.3, -0.25) is 4.57 Å². The number of hydrogen-bond acceptors (Lipinski definition) is 7. The Hall–Kier alpha value is -2.74. The fourth-order valence-electron chi connectivity index (χ4n) is 2.48. The average Bonchev–Trinajstić information content (AvgIpc) is 3.33. The van der Waals surface area contributed by atoms with Gasteiger partial charge in [-0.2, -0.15) is 0 Å². The van der Waals surface area contributed by atoms with Gasteiger partial charge in [0.1, 0.15) is 17.1 Å². The molecule has 0 aliphatic heterocycles. The number of nitrogens with zero attached hydrogens (tertiary/aromatic N) is 3. The van der Waals surface area contributed by atoms with Crippen LogP contribution < -0.4 is 0 Å². The lowest BCUT2D eigenvalue weighted by atomic mass is 10.2. The number of carbonyl (C=O) groups excluding carboxylic acids is 1. The number of furan rings is 2. The molecule has 0 aliphatic carbocycles. The zero-order chi connectivity index (χ0) is 18.5. The summed E-state index contributed by atoms with van der Waals surface area (Å²) in [6, 6.07) is 3.47. The zero-order valence-corrected chi connectivity index (χ0v) is 15.4. The fraction of sp³-hybridized carbons (Fsp3) is 0.278.